The summed E-state index contributed by atoms with van der Waals surface area (Å²) in [5, 5.41) is 5.89. The third-order valence-corrected chi connectivity index (χ3v) is 3.89. The SMILES string of the molecule is CCOc1ccccc1NC(=O)c1cc(C)nc(NCc2ccc(F)cc2)n1. The summed E-state index contributed by atoms with van der Waals surface area (Å²) >= 11 is 0. The van der Waals surface area contributed by atoms with Crippen LogP contribution in [0.15, 0.2) is 54.6 Å². The third-order valence-electron chi connectivity index (χ3n) is 3.89. The standard InChI is InChI=1S/C21H21FN4O2/c1-3-28-19-7-5-4-6-17(19)25-20(27)18-12-14(2)24-21(26-18)23-13-15-8-10-16(22)11-9-15/h4-12H,3,13H2,1-2H3,(H,25,27)(H,23,24,26). The highest BCUT2D eigenvalue weighted by Crippen LogP contribution is 2.24. The van der Waals surface area contributed by atoms with E-state index in [1.165, 1.54) is 12.1 Å². The first-order valence-electron chi connectivity index (χ1n) is 8.92. The molecule has 0 aliphatic rings. The molecule has 0 aliphatic heterocycles. The maximum absolute atomic E-state index is 13.0. The van der Waals surface area contributed by atoms with Crippen LogP contribution in [-0.2, 0) is 6.54 Å². The minimum atomic E-state index is -0.359. The van der Waals surface area contributed by atoms with Crippen molar-refractivity contribution in [1.82, 2.24) is 9.97 Å². The number of amides is 1. The first-order chi connectivity index (χ1) is 13.5. The summed E-state index contributed by atoms with van der Waals surface area (Å²) in [6, 6.07) is 15.0. The van der Waals surface area contributed by atoms with E-state index in [0.29, 0.717) is 36.2 Å². The lowest BCUT2D eigenvalue weighted by molar-refractivity contribution is 0.102. The summed E-state index contributed by atoms with van der Waals surface area (Å²) in [7, 11) is 0. The number of halogens is 1. The number of rotatable bonds is 7. The van der Waals surface area contributed by atoms with Crippen molar-refractivity contribution in [3.05, 3.63) is 77.4 Å². The van der Waals surface area contributed by atoms with Gasteiger partial charge in [0, 0.05) is 12.2 Å². The van der Waals surface area contributed by atoms with Crippen LogP contribution in [0.25, 0.3) is 0 Å². The molecule has 2 N–H and O–H groups in total. The highest BCUT2D eigenvalue weighted by atomic mass is 19.1. The highest BCUT2D eigenvalue weighted by Gasteiger charge is 2.13. The van der Waals surface area contributed by atoms with Gasteiger partial charge < -0.3 is 15.4 Å². The molecule has 2 aromatic carbocycles. The summed E-state index contributed by atoms with van der Waals surface area (Å²) in [6.07, 6.45) is 0. The van der Waals surface area contributed by atoms with E-state index in [2.05, 4.69) is 20.6 Å². The van der Waals surface area contributed by atoms with Gasteiger partial charge in [0.2, 0.25) is 5.95 Å². The van der Waals surface area contributed by atoms with Gasteiger partial charge in [-0.3, -0.25) is 4.79 Å². The van der Waals surface area contributed by atoms with Crippen LogP contribution >= 0.6 is 0 Å². The number of benzene rings is 2. The second kappa shape index (κ2) is 8.94. The predicted octanol–water partition coefficient (Wildman–Crippen LogP) is 4.19. The van der Waals surface area contributed by atoms with E-state index >= 15 is 0 Å². The topological polar surface area (TPSA) is 76.1 Å². The number of anilines is 2. The van der Waals surface area contributed by atoms with Crippen LogP contribution in [0, 0.1) is 12.7 Å². The van der Waals surface area contributed by atoms with Crippen molar-refractivity contribution in [2.45, 2.75) is 20.4 Å². The van der Waals surface area contributed by atoms with Crippen LogP contribution in [-0.4, -0.2) is 22.5 Å². The van der Waals surface area contributed by atoms with Crippen molar-refractivity contribution < 1.29 is 13.9 Å². The lowest BCUT2D eigenvalue weighted by atomic mass is 10.2. The molecule has 144 valence electrons. The molecular weight excluding hydrogens is 359 g/mol. The molecule has 0 fully saturated rings. The molecule has 0 atom stereocenters. The van der Waals surface area contributed by atoms with Gasteiger partial charge >= 0.3 is 0 Å². The molecule has 3 rings (SSSR count). The molecule has 0 radical (unpaired) electrons. The van der Waals surface area contributed by atoms with Gasteiger partial charge in [0.05, 0.1) is 12.3 Å². The third kappa shape index (κ3) is 5.03. The maximum Gasteiger partial charge on any atom is 0.274 e. The van der Waals surface area contributed by atoms with E-state index in [9.17, 15) is 9.18 Å². The number of ether oxygens (including phenoxy) is 1. The molecule has 3 aromatic rings. The van der Waals surface area contributed by atoms with Crippen LogP contribution in [0.4, 0.5) is 16.0 Å². The molecule has 1 amide bonds. The molecule has 0 unspecified atom stereocenters. The first kappa shape index (κ1) is 19.3. The maximum atomic E-state index is 13.0. The van der Waals surface area contributed by atoms with Crippen molar-refractivity contribution in [1.29, 1.82) is 0 Å². The Morgan fingerprint density at radius 1 is 1.11 bits per heavy atom. The fourth-order valence-electron chi connectivity index (χ4n) is 2.58. The number of nitrogens with one attached hydrogen (secondary N) is 2. The van der Waals surface area contributed by atoms with Gasteiger partial charge in [0.25, 0.3) is 5.91 Å². The molecule has 1 aromatic heterocycles. The molecule has 28 heavy (non-hydrogen) atoms. The van der Waals surface area contributed by atoms with Gasteiger partial charge in [-0.1, -0.05) is 24.3 Å². The Balaban J connectivity index is 1.73. The summed E-state index contributed by atoms with van der Waals surface area (Å²) in [4.78, 5) is 21.3. The number of aryl methyl sites for hydroxylation is 1. The zero-order valence-electron chi connectivity index (χ0n) is 15.7. The van der Waals surface area contributed by atoms with E-state index in [4.69, 9.17) is 4.74 Å². The monoisotopic (exact) mass is 380 g/mol. The Morgan fingerprint density at radius 3 is 2.61 bits per heavy atom. The molecule has 0 spiro atoms. The Labute approximate surface area is 162 Å². The fraction of sp³-hybridized carbons (Fsp3) is 0.190. The quantitative estimate of drug-likeness (QED) is 0.643. The molecule has 0 bridgehead atoms. The number of nitrogens with zero attached hydrogens (tertiary/aromatic N) is 2. The van der Waals surface area contributed by atoms with Crippen LogP contribution < -0.4 is 15.4 Å². The largest absolute Gasteiger partial charge is 0.492 e. The fourth-order valence-corrected chi connectivity index (χ4v) is 2.58. The number of carbonyl (C=O) groups is 1. The molecule has 1 heterocycles. The highest BCUT2D eigenvalue weighted by molar-refractivity contribution is 6.03. The molecule has 6 nitrogen and oxygen atoms in total. The van der Waals surface area contributed by atoms with Crippen molar-refractivity contribution in [2.75, 3.05) is 17.2 Å². The number of para-hydroxylation sites is 2. The van der Waals surface area contributed by atoms with Gasteiger partial charge in [-0.2, -0.15) is 0 Å². The van der Waals surface area contributed by atoms with Gasteiger partial charge in [-0.05, 0) is 49.7 Å². The average molecular weight is 380 g/mol. The molecule has 7 heteroatoms. The second-order valence-corrected chi connectivity index (χ2v) is 6.08. The lowest BCUT2D eigenvalue weighted by Crippen LogP contribution is -2.16. The van der Waals surface area contributed by atoms with Gasteiger partial charge in [0.1, 0.15) is 17.3 Å². The number of carbonyl (C=O) groups excluding carboxylic acids is 1. The molecule has 0 saturated heterocycles. The van der Waals surface area contributed by atoms with Crippen LogP contribution in [0.3, 0.4) is 0 Å². The summed E-state index contributed by atoms with van der Waals surface area (Å²) in [5.41, 5.74) is 2.34. The van der Waals surface area contributed by atoms with Crippen molar-refractivity contribution >= 4 is 17.5 Å². The van der Waals surface area contributed by atoms with Gasteiger partial charge in [-0.15, -0.1) is 0 Å². The van der Waals surface area contributed by atoms with Crippen LogP contribution in [0.1, 0.15) is 28.7 Å². The normalized spacial score (nSPS) is 10.4. The zero-order chi connectivity index (χ0) is 19.9. The van der Waals surface area contributed by atoms with E-state index in [0.717, 1.165) is 5.56 Å². The molecule has 0 aliphatic carbocycles. The molecule has 0 saturated carbocycles. The van der Waals surface area contributed by atoms with Crippen molar-refractivity contribution in [3.8, 4) is 5.75 Å². The van der Waals surface area contributed by atoms with E-state index in [-0.39, 0.29) is 17.4 Å². The van der Waals surface area contributed by atoms with E-state index in [1.807, 2.05) is 19.1 Å². The second-order valence-electron chi connectivity index (χ2n) is 6.08. The number of hydrogen-bond acceptors (Lipinski definition) is 5. The Morgan fingerprint density at radius 2 is 1.86 bits per heavy atom. The van der Waals surface area contributed by atoms with Gasteiger partial charge in [0.15, 0.2) is 0 Å². The molecular formula is C21H21FN4O2. The van der Waals surface area contributed by atoms with Crippen molar-refractivity contribution in [2.24, 2.45) is 0 Å². The number of aromatic nitrogens is 2. The Hall–Kier alpha value is -3.48. The lowest BCUT2D eigenvalue weighted by Gasteiger charge is -2.12. The smallest absolute Gasteiger partial charge is 0.274 e. The predicted molar refractivity (Wildman–Crippen MR) is 106 cm³/mol. The van der Waals surface area contributed by atoms with Gasteiger partial charge in [-0.25, -0.2) is 14.4 Å². The minimum Gasteiger partial charge on any atom is -0.492 e. The average Bonchev–Trinajstić information content (AvgIpc) is 2.69. The number of hydrogen-bond donors (Lipinski definition) is 2. The Kier molecular flexibility index (Phi) is 6.16. The van der Waals surface area contributed by atoms with E-state index < -0.39 is 0 Å². The first-order valence-corrected chi connectivity index (χ1v) is 8.92. The Bertz CT molecular complexity index is 961. The van der Waals surface area contributed by atoms with Crippen LogP contribution in [0.5, 0.6) is 5.75 Å². The van der Waals surface area contributed by atoms with E-state index in [1.54, 1.807) is 37.3 Å². The summed E-state index contributed by atoms with van der Waals surface area (Å²) in [6.45, 7) is 4.58. The summed E-state index contributed by atoms with van der Waals surface area (Å²) < 4.78 is 18.5. The zero-order valence-corrected chi connectivity index (χ0v) is 15.7. The van der Waals surface area contributed by atoms with Crippen LogP contribution in [0.2, 0.25) is 0 Å². The minimum absolute atomic E-state index is 0.236. The summed E-state index contributed by atoms with van der Waals surface area (Å²) in [5.74, 6) is 0.274. The van der Waals surface area contributed by atoms with Crippen molar-refractivity contribution in [3.63, 3.8) is 0 Å².